The van der Waals surface area contributed by atoms with Gasteiger partial charge in [0.1, 0.15) is 0 Å². The van der Waals surface area contributed by atoms with Gasteiger partial charge in [-0.25, -0.2) is 4.79 Å². The van der Waals surface area contributed by atoms with Crippen molar-refractivity contribution in [3.8, 4) is 5.88 Å². The number of hydrogen-bond donors (Lipinski definition) is 4. The molecule has 0 saturated heterocycles. The average molecular weight is 339 g/mol. The number of nitrogens with one attached hydrogen (secondary N) is 2. The number of hydrogen-bond acceptors (Lipinski definition) is 4. The number of para-hydroxylation sites is 1. The van der Waals surface area contributed by atoms with Gasteiger partial charge in [0.15, 0.2) is 5.78 Å². The number of anilines is 2. The smallest absolute Gasteiger partial charge is 0.323 e. The van der Waals surface area contributed by atoms with Gasteiger partial charge in [0.25, 0.3) is 0 Å². The number of carbonyl (C=O) groups excluding carboxylic acids is 2. The number of aromatic nitrogens is 1. The molecule has 2 aromatic carbocycles. The molecule has 2 amide bonds. The second-order valence-electron chi connectivity index (χ2n) is 5.46. The van der Waals surface area contributed by atoms with E-state index in [4.69, 9.17) is 0 Å². The van der Waals surface area contributed by atoms with Gasteiger partial charge in [-0.2, -0.15) is 4.73 Å². The molecule has 1 heterocycles. The van der Waals surface area contributed by atoms with E-state index in [0.29, 0.717) is 21.5 Å². The molecular formula is C18H17N3O4. The molecule has 0 aliphatic heterocycles. The van der Waals surface area contributed by atoms with E-state index in [-0.39, 0.29) is 23.3 Å². The molecule has 0 fully saturated rings. The summed E-state index contributed by atoms with van der Waals surface area (Å²) >= 11 is 0. The van der Waals surface area contributed by atoms with Crippen LogP contribution in [0.4, 0.5) is 16.2 Å². The molecule has 4 N–H and O–H groups in total. The van der Waals surface area contributed by atoms with Crippen LogP contribution in [0.25, 0.3) is 10.9 Å². The monoisotopic (exact) mass is 339 g/mol. The molecule has 0 radical (unpaired) electrons. The Morgan fingerprint density at radius 3 is 2.40 bits per heavy atom. The highest BCUT2D eigenvalue weighted by Gasteiger charge is 2.21. The van der Waals surface area contributed by atoms with Crippen LogP contribution >= 0.6 is 0 Å². The highest BCUT2D eigenvalue weighted by molar-refractivity contribution is 6.11. The summed E-state index contributed by atoms with van der Waals surface area (Å²) < 4.78 is 0.540. The summed E-state index contributed by atoms with van der Waals surface area (Å²) in [6.07, 6.45) is 0.201. The second-order valence-corrected chi connectivity index (χ2v) is 5.46. The molecule has 0 unspecified atom stereocenters. The summed E-state index contributed by atoms with van der Waals surface area (Å²) in [4.78, 5) is 24.0. The maximum Gasteiger partial charge on any atom is 0.323 e. The van der Waals surface area contributed by atoms with Crippen LogP contribution < -0.4 is 10.6 Å². The number of Topliss-reactive ketones (excluding diaryl/α,β-unsaturated/α-hetero) is 1. The summed E-state index contributed by atoms with van der Waals surface area (Å²) in [5.41, 5.74) is 1.34. The Morgan fingerprint density at radius 2 is 1.72 bits per heavy atom. The van der Waals surface area contributed by atoms with E-state index in [9.17, 15) is 19.9 Å². The summed E-state index contributed by atoms with van der Waals surface area (Å²) in [6.45, 7) is 1.67. The van der Waals surface area contributed by atoms with Crippen LogP contribution in [0.5, 0.6) is 5.88 Å². The maximum absolute atomic E-state index is 12.0. The summed E-state index contributed by atoms with van der Waals surface area (Å²) in [6, 6.07) is 13.1. The Balaban J connectivity index is 1.88. The van der Waals surface area contributed by atoms with Crippen molar-refractivity contribution in [1.82, 2.24) is 4.73 Å². The van der Waals surface area contributed by atoms with Crippen molar-refractivity contribution in [2.75, 3.05) is 10.6 Å². The van der Waals surface area contributed by atoms with Crippen molar-refractivity contribution in [3.05, 3.63) is 54.1 Å². The number of ketones is 1. The van der Waals surface area contributed by atoms with Gasteiger partial charge in [0.05, 0.1) is 11.1 Å². The first-order valence-corrected chi connectivity index (χ1v) is 7.74. The van der Waals surface area contributed by atoms with Crippen LogP contribution in [0.1, 0.15) is 23.7 Å². The van der Waals surface area contributed by atoms with E-state index in [0.717, 1.165) is 0 Å². The Bertz CT molecular complexity index is 948. The van der Waals surface area contributed by atoms with Crippen LogP contribution in [0.15, 0.2) is 48.5 Å². The molecule has 0 aliphatic rings. The van der Waals surface area contributed by atoms with Gasteiger partial charge in [0.2, 0.25) is 5.88 Å². The summed E-state index contributed by atoms with van der Waals surface area (Å²) in [7, 11) is 0. The van der Waals surface area contributed by atoms with Crippen LogP contribution in [0, 0.1) is 0 Å². The van der Waals surface area contributed by atoms with Crippen molar-refractivity contribution in [2.24, 2.45) is 0 Å². The number of rotatable bonds is 4. The Morgan fingerprint density at radius 1 is 1.04 bits per heavy atom. The molecule has 25 heavy (non-hydrogen) atoms. The van der Waals surface area contributed by atoms with Crippen LogP contribution in [0.3, 0.4) is 0 Å². The first-order valence-electron chi connectivity index (χ1n) is 7.74. The lowest BCUT2D eigenvalue weighted by Crippen LogP contribution is -2.19. The zero-order valence-electron chi connectivity index (χ0n) is 13.5. The number of aromatic hydroxyl groups is 1. The Hall–Kier alpha value is -3.48. The van der Waals surface area contributed by atoms with Crippen LogP contribution in [-0.2, 0) is 0 Å². The third-order valence-electron chi connectivity index (χ3n) is 3.81. The minimum Gasteiger partial charge on any atom is -0.492 e. The molecule has 3 rings (SSSR count). The molecule has 1 aromatic heterocycles. The zero-order valence-corrected chi connectivity index (χ0v) is 13.5. The maximum atomic E-state index is 12.0. The van der Waals surface area contributed by atoms with Crippen molar-refractivity contribution in [3.63, 3.8) is 0 Å². The van der Waals surface area contributed by atoms with Gasteiger partial charge in [-0.1, -0.05) is 25.1 Å². The third kappa shape index (κ3) is 3.12. The molecule has 3 aromatic rings. The summed E-state index contributed by atoms with van der Waals surface area (Å²) in [5.74, 6) is -0.787. The van der Waals surface area contributed by atoms with Crippen molar-refractivity contribution < 1.29 is 19.9 Å². The lowest BCUT2D eigenvalue weighted by atomic mass is 10.1. The summed E-state index contributed by atoms with van der Waals surface area (Å²) in [5, 5.41) is 25.7. The zero-order chi connectivity index (χ0) is 18.0. The van der Waals surface area contributed by atoms with Crippen LogP contribution in [0.2, 0.25) is 0 Å². The number of carbonyl (C=O) groups is 2. The molecule has 0 spiro atoms. The van der Waals surface area contributed by atoms with Crippen molar-refractivity contribution in [1.29, 1.82) is 0 Å². The first-order chi connectivity index (χ1) is 12.0. The van der Waals surface area contributed by atoms with E-state index in [1.165, 1.54) is 6.07 Å². The highest BCUT2D eigenvalue weighted by atomic mass is 16.5. The number of fused-ring (bicyclic) bond motifs is 1. The number of amides is 2. The molecule has 0 bridgehead atoms. The van der Waals surface area contributed by atoms with Gasteiger partial charge in [-0.05, 0) is 30.3 Å². The lowest BCUT2D eigenvalue weighted by Gasteiger charge is -2.08. The van der Waals surface area contributed by atoms with Gasteiger partial charge in [0, 0.05) is 23.2 Å². The van der Waals surface area contributed by atoms with E-state index in [1.807, 2.05) is 6.07 Å². The van der Waals surface area contributed by atoms with Crippen LogP contribution in [-0.4, -0.2) is 26.9 Å². The fourth-order valence-electron chi connectivity index (χ4n) is 2.60. The fourth-order valence-corrected chi connectivity index (χ4v) is 2.60. The molecule has 128 valence electrons. The normalized spacial score (nSPS) is 10.6. The van der Waals surface area contributed by atoms with Gasteiger partial charge in [-0.3, -0.25) is 4.79 Å². The van der Waals surface area contributed by atoms with Crippen molar-refractivity contribution >= 4 is 34.1 Å². The van der Waals surface area contributed by atoms with Gasteiger partial charge >= 0.3 is 6.03 Å². The Labute approximate surface area is 143 Å². The van der Waals surface area contributed by atoms with Gasteiger partial charge < -0.3 is 20.9 Å². The van der Waals surface area contributed by atoms with Gasteiger partial charge in [-0.15, -0.1) is 0 Å². The quantitative estimate of drug-likeness (QED) is 0.428. The standard InChI is InChI=1S/C18H17N3O4/c1-2-15(22)16-13-9-8-12(10-14(13)21(25)17(16)23)20-18(24)19-11-6-4-3-5-7-11/h3-10,23,25H,2H2,1H3,(H2,19,20,24). The minimum atomic E-state index is -0.507. The molecule has 0 saturated carbocycles. The molecule has 7 nitrogen and oxygen atoms in total. The van der Waals surface area contributed by atoms with E-state index in [1.54, 1.807) is 43.3 Å². The number of benzene rings is 2. The molecular weight excluding hydrogens is 322 g/mol. The SMILES string of the molecule is CCC(=O)c1c(O)n(O)c2cc(NC(=O)Nc3ccccc3)ccc12. The third-order valence-corrected chi connectivity index (χ3v) is 3.81. The highest BCUT2D eigenvalue weighted by Crippen LogP contribution is 2.32. The largest absolute Gasteiger partial charge is 0.492 e. The Kier molecular flexibility index (Phi) is 4.30. The van der Waals surface area contributed by atoms with Crippen molar-refractivity contribution in [2.45, 2.75) is 13.3 Å². The predicted molar refractivity (Wildman–Crippen MR) is 94.5 cm³/mol. The van der Waals surface area contributed by atoms with E-state index >= 15 is 0 Å². The molecule has 0 atom stereocenters. The predicted octanol–water partition coefficient (Wildman–Crippen LogP) is 3.82. The minimum absolute atomic E-state index is 0.0697. The average Bonchev–Trinajstić information content (AvgIpc) is 2.86. The second kappa shape index (κ2) is 6.56. The van der Waals surface area contributed by atoms with E-state index < -0.39 is 11.9 Å². The molecule has 0 aliphatic carbocycles. The fraction of sp³-hybridized carbons (Fsp3) is 0.111. The topological polar surface area (TPSA) is 104 Å². The van der Waals surface area contributed by atoms with E-state index in [2.05, 4.69) is 10.6 Å². The number of nitrogens with zero attached hydrogens (tertiary/aromatic N) is 1. The molecule has 7 heteroatoms. The first kappa shape index (κ1) is 16.4. The lowest BCUT2D eigenvalue weighted by molar-refractivity contribution is 0.0980. The number of urea groups is 1.